The summed E-state index contributed by atoms with van der Waals surface area (Å²) in [7, 11) is 0. The Hall–Kier alpha value is -6.37. The number of nitrogens with zero attached hydrogens (tertiary/aromatic N) is 3. The van der Waals surface area contributed by atoms with Gasteiger partial charge >= 0.3 is 0 Å². The minimum atomic E-state index is -0.209. The van der Waals surface area contributed by atoms with Crippen LogP contribution in [0.3, 0.4) is 0 Å². The van der Waals surface area contributed by atoms with E-state index in [0.717, 1.165) is 28.4 Å². The molecule has 3 heteroatoms. The van der Waals surface area contributed by atoms with Crippen LogP contribution in [0.1, 0.15) is 66.6 Å². The number of aryl methyl sites for hydroxylation is 2. The van der Waals surface area contributed by atoms with Crippen LogP contribution >= 0.6 is 0 Å². The molecule has 9 rings (SSSR count). The highest BCUT2D eigenvalue weighted by atomic mass is 15.1. The van der Waals surface area contributed by atoms with Gasteiger partial charge in [-0.15, -0.1) is 0 Å². The number of para-hydroxylation sites is 2. The Labute approximate surface area is 319 Å². The summed E-state index contributed by atoms with van der Waals surface area (Å²) in [5.41, 5.74) is 20.3. The largest absolute Gasteiger partial charge is 0.310 e. The molecule has 0 spiro atoms. The third kappa shape index (κ3) is 5.17. The molecule has 0 unspecified atom stereocenters. The van der Waals surface area contributed by atoms with Crippen LogP contribution in [0.2, 0.25) is 0 Å². The molecule has 0 radical (unpaired) electrons. The molecule has 54 heavy (non-hydrogen) atoms. The zero-order chi connectivity index (χ0) is 37.4. The lowest BCUT2D eigenvalue weighted by Crippen LogP contribution is -2.18. The van der Waals surface area contributed by atoms with Crippen molar-refractivity contribution in [3.63, 3.8) is 0 Å². The first-order valence-electron chi connectivity index (χ1n) is 18.8. The molecule has 0 heterocycles. The molecule has 0 aromatic heterocycles. The highest BCUT2D eigenvalue weighted by Gasteiger charge is 2.43. The molecule has 0 amide bonds. The van der Waals surface area contributed by atoms with E-state index in [1.807, 2.05) is 30.3 Å². The van der Waals surface area contributed by atoms with Crippen LogP contribution in [0.15, 0.2) is 152 Å². The van der Waals surface area contributed by atoms with E-state index in [4.69, 9.17) is 0 Å². The molecule has 0 saturated carbocycles. The first-order chi connectivity index (χ1) is 26.1. The Morgan fingerprint density at radius 3 is 1.50 bits per heavy atom. The van der Waals surface area contributed by atoms with Gasteiger partial charge < -0.3 is 9.80 Å². The van der Waals surface area contributed by atoms with Crippen LogP contribution in [-0.2, 0) is 10.8 Å². The van der Waals surface area contributed by atoms with Crippen molar-refractivity contribution in [1.82, 2.24) is 0 Å². The summed E-state index contributed by atoms with van der Waals surface area (Å²) >= 11 is 0. The fourth-order valence-corrected chi connectivity index (χ4v) is 8.95. The summed E-state index contributed by atoms with van der Waals surface area (Å²) in [4.78, 5) is 4.68. The van der Waals surface area contributed by atoms with Crippen molar-refractivity contribution in [3.8, 4) is 28.3 Å². The highest BCUT2D eigenvalue weighted by molar-refractivity contribution is 5.93. The molecule has 262 valence electrons. The second kappa shape index (κ2) is 12.4. The van der Waals surface area contributed by atoms with E-state index in [9.17, 15) is 5.26 Å². The van der Waals surface area contributed by atoms with Crippen LogP contribution in [0.25, 0.3) is 22.3 Å². The maximum atomic E-state index is 9.48. The zero-order valence-electron chi connectivity index (χ0n) is 31.8. The first kappa shape index (κ1) is 33.5. The molecule has 7 aromatic rings. The van der Waals surface area contributed by atoms with E-state index in [1.165, 1.54) is 61.3 Å². The number of anilines is 6. The van der Waals surface area contributed by atoms with Crippen LogP contribution in [0.5, 0.6) is 0 Å². The van der Waals surface area contributed by atoms with Crippen molar-refractivity contribution >= 4 is 34.1 Å². The zero-order valence-corrected chi connectivity index (χ0v) is 31.8. The third-order valence-electron chi connectivity index (χ3n) is 11.8. The molecule has 3 nitrogen and oxygen atoms in total. The molecule has 0 bridgehead atoms. The molecule has 0 atom stereocenters. The van der Waals surface area contributed by atoms with Crippen molar-refractivity contribution in [2.75, 3.05) is 9.80 Å². The summed E-state index contributed by atoms with van der Waals surface area (Å²) in [6, 6.07) is 56.9. The lowest BCUT2D eigenvalue weighted by Gasteiger charge is -2.29. The average Bonchev–Trinajstić information content (AvgIpc) is 3.55. The molecule has 0 aliphatic heterocycles. The van der Waals surface area contributed by atoms with Crippen molar-refractivity contribution < 1.29 is 0 Å². The second-order valence-corrected chi connectivity index (χ2v) is 15.9. The normalized spacial score (nSPS) is 14.0. The predicted molar refractivity (Wildman–Crippen MR) is 225 cm³/mol. The number of rotatable bonds is 6. The van der Waals surface area contributed by atoms with Crippen molar-refractivity contribution in [2.45, 2.75) is 52.4 Å². The van der Waals surface area contributed by atoms with Gasteiger partial charge in [-0.25, -0.2) is 0 Å². The lowest BCUT2D eigenvalue weighted by molar-refractivity contribution is 0.652. The fraction of sp³-hybridized carbons (Fsp3) is 0.157. The quantitative estimate of drug-likeness (QED) is 0.173. The summed E-state index contributed by atoms with van der Waals surface area (Å²) in [5, 5.41) is 9.48. The molecule has 2 aliphatic carbocycles. The van der Waals surface area contributed by atoms with Crippen LogP contribution in [0.4, 0.5) is 34.1 Å². The van der Waals surface area contributed by atoms with Crippen LogP contribution < -0.4 is 9.80 Å². The molecule has 2 aliphatic rings. The van der Waals surface area contributed by atoms with E-state index in [1.54, 1.807) is 0 Å². The topological polar surface area (TPSA) is 30.3 Å². The number of fused-ring (bicyclic) bond motifs is 6. The number of benzene rings is 7. The van der Waals surface area contributed by atoms with Crippen molar-refractivity contribution in [1.29, 1.82) is 5.26 Å². The standard InChI is InChI=1S/C51H43N3/c1-33-17-21-38(22-18-33)54(37-15-11-8-12-16-37)41-27-34(2)49-44-31-46-43(30-47(44)51(5,6)48(49)29-41)42-26-25-40(28-45(42)50(46,3)4)53(36-13-9-7-10-14-36)39-23-19-35(32-52)20-24-39/h7-31H,1-6H3. The van der Waals surface area contributed by atoms with Gasteiger partial charge in [-0.05, 0) is 161 Å². The number of hydrogen-bond acceptors (Lipinski definition) is 3. The van der Waals surface area contributed by atoms with Gasteiger partial charge in [-0.3, -0.25) is 0 Å². The SMILES string of the molecule is Cc1ccc(N(c2ccccc2)c2cc(C)c3c(c2)C(C)(C)c2cc4c(cc2-3)C(C)(C)c2cc(N(c3ccccc3)c3ccc(C#N)cc3)ccc2-4)cc1. The molecule has 0 fully saturated rings. The summed E-state index contributed by atoms with van der Waals surface area (Å²) in [6.07, 6.45) is 0. The van der Waals surface area contributed by atoms with E-state index in [2.05, 4.69) is 179 Å². The Morgan fingerprint density at radius 1 is 0.426 bits per heavy atom. The van der Waals surface area contributed by atoms with Crippen molar-refractivity contribution in [2.24, 2.45) is 0 Å². The van der Waals surface area contributed by atoms with Crippen LogP contribution in [0, 0.1) is 25.2 Å². The summed E-state index contributed by atoms with van der Waals surface area (Å²) in [5.74, 6) is 0. The van der Waals surface area contributed by atoms with Gasteiger partial charge in [0.05, 0.1) is 11.6 Å². The van der Waals surface area contributed by atoms with Gasteiger partial charge in [0.1, 0.15) is 0 Å². The highest BCUT2D eigenvalue weighted by Crippen LogP contribution is 2.58. The predicted octanol–water partition coefficient (Wildman–Crippen LogP) is 13.7. The maximum Gasteiger partial charge on any atom is 0.0991 e. The molecular weight excluding hydrogens is 655 g/mol. The molecule has 0 N–H and O–H groups in total. The number of nitriles is 1. The Bertz CT molecular complexity index is 2610. The minimum absolute atomic E-state index is 0.192. The second-order valence-electron chi connectivity index (χ2n) is 15.9. The van der Waals surface area contributed by atoms with Gasteiger partial charge in [0.15, 0.2) is 0 Å². The Kier molecular flexibility index (Phi) is 7.66. The van der Waals surface area contributed by atoms with Gasteiger partial charge in [0, 0.05) is 45.0 Å². The monoisotopic (exact) mass is 697 g/mol. The molecular formula is C51H43N3. The van der Waals surface area contributed by atoms with Gasteiger partial charge in [-0.2, -0.15) is 5.26 Å². The fourth-order valence-electron chi connectivity index (χ4n) is 8.95. The smallest absolute Gasteiger partial charge is 0.0991 e. The Balaban J connectivity index is 1.16. The van der Waals surface area contributed by atoms with E-state index in [0.29, 0.717) is 5.56 Å². The summed E-state index contributed by atoms with van der Waals surface area (Å²) in [6.45, 7) is 14.0. The minimum Gasteiger partial charge on any atom is -0.310 e. The van der Waals surface area contributed by atoms with E-state index >= 15 is 0 Å². The van der Waals surface area contributed by atoms with Gasteiger partial charge in [-0.1, -0.05) is 87.9 Å². The molecule has 0 saturated heterocycles. The lowest BCUT2D eigenvalue weighted by atomic mass is 9.79. The van der Waals surface area contributed by atoms with Crippen molar-refractivity contribution in [3.05, 3.63) is 191 Å². The maximum absolute atomic E-state index is 9.48. The number of hydrogen-bond donors (Lipinski definition) is 0. The average molecular weight is 698 g/mol. The van der Waals surface area contributed by atoms with Crippen LogP contribution in [-0.4, -0.2) is 0 Å². The van der Waals surface area contributed by atoms with Gasteiger partial charge in [0.25, 0.3) is 0 Å². The molecule has 7 aromatic carbocycles. The Morgan fingerprint density at radius 2 is 0.889 bits per heavy atom. The van der Waals surface area contributed by atoms with Gasteiger partial charge in [0.2, 0.25) is 0 Å². The first-order valence-corrected chi connectivity index (χ1v) is 18.8. The third-order valence-corrected chi connectivity index (χ3v) is 11.8. The van der Waals surface area contributed by atoms with E-state index < -0.39 is 0 Å². The van der Waals surface area contributed by atoms with E-state index in [-0.39, 0.29) is 10.8 Å². The summed E-state index contributed by atoms with van der Waals surface area (Å²) < 4.78 is 0.